The van der Waals surface area contributed by atoms with Gasteiger partial charge in [0.1, 0.15) is 19.0 Å². The maximum absolute atomic E-state index is 11.2. The van der Waals surface area contributed by atoms with Crippen LogP contribution in [-0.2, 0) is 20.9 Å². The summed E-state index contributed by atoms with van der Waals surface area (Å²) < 4.78 is 15.7. The van der Waals surface area contributed by atoms with Crippen molar-refractivity contribution in [3.05, 3.63) is 71.5 Å². The predicted octanol–water partition coefficient (Wildman–Crippen LogP) is 3.35. The maximum atomic E-state index is 11.2. The van der Waals surface area contributed by atoms with Crippen LogP contribution in [0, 0.1) is 0 Å². The summed E-state index contributed by atoms with van der Waals surface area (Å²) in [6, 6.07) is 17.0. The molecule has 0 aromatic heterocycles. The normalized spacial score (nSPS) is 11.1. The number of carbonyl (C=O) groups is 1. The Morgan fingerprint density at radius 3 is 2.38 bits per heavy atom. The molecule has 0 bridgehead atoms. The van der Waals surface area contributed by atoms with E-state index < -0.39 is 5.97 Å². The zero-order valence-electron chi connectivity index (χ0n) is 13.5. The van der Waals surface area contributed by atoms with E-state index in [2.05, 4.69) is 0 Å². The standard InChI is InChI=1S/C19H20O5/c1-22-11-12-23-18(19(20)21)13-15-7-9-17(10-8-15)24-14-16-5-3-2-4-6-16/h2-10,13H,11-12,14H2,1H3,(H,20,21)/b18-13-. The topological polar surface area (TPSA) is 65.0 Å². The van der Waals surface area contributed by atoms with Gasteiger partial charge in [-0.05, 0) is 29.3 Å². The smallest absolute Gasteiger partial charge is 0.371 e. The van der Waals surface area contributed by atoms with E-state index >= 15 is 0 Å². The molecule has 2 aromatic carbocycles. The molecule has 0 unspecified atom stereocenters. The van der Waals surface area contributed by atoms with Crippen LogP contribution in [0.4, 0.5) is 0 Å². The molecule has 0 aliphatic rings. The van der Waals surface area contributed by atoms with Gasteiger partial charge in [0.05, 0.1) is 6.61 Å². The second-order valence-electron chi connectivity index (χ2n) is 5.00. The minimum Gasteiger partial charge on any atom is -0.489 e. The lowest BCUT2D eigenvalue weighted by Gasteiger charge is -2.08. The van der Waals surface area contributed by atoms with E-state index in [-0.39, 0.29) is 12.4 Å². The molecule has 0 radical (unpaired) electrons. The van der Waals surface area contributed by atoms with E-state index in [0.29, 0.717) is 19.0 Å². The third kappa shape index (κ3) is 5.78. The number of benzene rings is 2. The first-order valence-electron chi connectivity index (χ1n) is 7.52. The first-order valence-corrected chi connectivity index (χ1v) is 7.52. The average Bonchev–Trinajstić information content (AvgIpc) is 2.61. The fourth-order valence-electron chi connectivity index (χ4n) is 1.95. The van der Waals surface area contributed by atoms with Crippen LogP contribution in [0.3, 0.4) is 0 Å². The molecule has 0 aliphatic carbocycles. The molecule has 2 rings (SSSR count). The summed E-state index contributed by atoms with van der Waals surface area (Å²) >= 11 is 0. The Hall–Kier alpha value is -2.79. The molecule has 0 atom stereocenters. The summed E-state index contributed by atoms with van der Waals surface area (Å²) in [6.45, 7) is 1.00. The molecule has 5 nitrogen and oxygen atoms in total. The molecule has 5 heteroatoms. The Kier molecular flexibility index (Phi) is 6.86. The molecule has 0 spiro atoms. The molecular formula is C19H20O5. The summed E-state index contributed by atoms with van der Waals surface area (Å²) in [6.07, 6.45) is 1.47. The number of rotatable bonds is 9. The second kappa shape index (κ2) is 9.37. The molecule has 0 heterocycles. The number of aliphatic carboxylic acids is 1. The zero-order chi connectivity index (χ0) is 17.2. The molecule has 0 fully saturated rings. The lowest BCUT2D eigenvalue weighted by molar-refractivity contribution is -0.136. The van der Waals surface area contributed by atoms with Crippen molar-refractivity contribution in [3.8, 4) is 5.75 Å². The Morgan fingerprint density at radius 1 is 1.04 bits per heavy atom. The maximum Gasteiger partial charge on any atom is 0.371 e. The van der Waals surface area contributed by atoms with E-state index in [0.717, 1.165) is 11.1 Å². The van der Waals surface area contributed by atoms with Gasteiger partial charge in [-0.3, -0.25) is 0 Å². The van der Waals surface area contributed by atoms with E-state index in [9.17, 15) is 4.79 Å². The van der Waals surface area contributed by atoms with Crippen LogP contribution in [0.5, 0.6) is 5.75 Å². The number of hydrogen-bond donors (Lipinski definition) is 1. The summed E-state index contributed by atoms with van der Waals surface area (Å²) in [5, 5.41) is 9.14. The summed E-state index contributed by atoms with van der Waals surface area (Å²) in [5.74, 6) is -0.520. The average molecular weight is 328 g/mol. The lowest BCUT2D eigenvalue weighted by Crippen LogP contribution is -2.08. The molecule has 0 aliphatic heterocycles. The molecule has 0 saturated carbocycles. The van der Waals surface area contributed by atoms with Crippen LogP contribution in [0.25, 0.3) is 6.08 Å². The summed E-state index contributed by atoms with van der Waals surface area (Å²) in [4.78, 5) is 11.2. The van der Waals surface area contributed by atoms with Crippen LogP contribution in [-0.4, -0.2) is 31.4 Å². The van der Waals surface area contributed by atoms with Crippen molar-refractivity contribution >= 4 is 12.0 Å². The second-order valence-corrected chi connectivity index (χ2v) is 5.00. The molecule has 0 amide bonds. The van der Waals surface area contributed by atoms with Gasteiger partial charge in [-0.1, -0.05) is 42.5 Å². The lowest BCUT2D eigenvalue weighted by atomic mass is 10.2. The van der Waals surface area contributed by atoms with Crippen molar-refractivity contribution in [2.24, 2.45) is 0 Å². The van der Waals surface area contributed by atoms with Crippen LogP contribution in [0.1, 0.15) is 11.1 Å². The van der Waals surface area contributed by atoms with Gasteiger partial charge in [0.25, 0.3) is 0 Å². The minimum atomic E-state index is -1.12. The Bertz CT molecular complexity index is 662. The van der Waals surface area contributed by atoms with Crippen LogP contribution < -0.4 is 4.74 Å². The predicted molar refractivity (Wildman–Crippen MR) is 90.7 cm³/mol. The van der Waals surface area contributed by atoms with Crippen molar-refractivity contribution in [3.63, 3.8) is 0 Å². The highest BCUT2D eigenvalue weighted by atomic mass is 16.5. The van der Waals surface area contributed by atoms with Gasteiger partial charge in [0, 0.05) is 7.11 Å². The molecule has 2 aromatic rings. The first kappa shape index (κ1) is 17.6. The van der Waals surface area contributed by atoms with Crippen molar-refractivity contribution in [1.29, 1.82) is 0 Å². The molecule has 126 valence electrons. The van der Waals surface area contributed by atoms with Gasteiger partial charge < -0.3 is 19.3 Å². The van der Waals surface area contributed by atoms with E-state index in [4.69, 9.17) is 19.3 Å². The van der Waals surface area contributed by atoms with Gasteiger partial charge in [-0.2, -0.15) is 0 Å². The number of ether oxygens (including phenoxy) is 3. The van der Waals surface area contributed by atoms with Gasteiger partial charge in [-0.15, -0.1) is 0 Å². The van der Waals surface area contributed by atoms with Crippen LogP contribution in [0.2, 0.25) is 0 Å². The molecule has 0 saturated heterocycles. The highest BCUT2D eigenvalue weighted by Gasteiger charge is 2.08. The number of carboxylic acid groups (broad SMARTS) is 1. The molecule has 1 N–H and O–H groups in total. The van der Waals surface area contributed by atoms with Crippen molar-refractivity contribution in [2.45, 2.75) is 6.61 Å². The minimum absolute atomic E-state index is 0.120. The Morgan fingerprint density at radius 2 is 1.75 bits per heavy atom. The summed E-state index contributed by atoms with van der Waals surface area (Å²) in [5.41, 5.74) is 1.80. The number of carboxylic acids is 1. The fraction of sp³-hybridized carbons (Fsp3) is 0.211. The largest absolute Gasteiger partial charge is 0.489 e. The van der Waals surface area contributed by atoms with Gasteiger partial charge in [-0.25, -0.2) is 4.79 Å². The van der Waals surface area contributed by atoms with Crippen molar-refractivity contribution in [2.75, 3.05) is 20.3 Å². The van der Waals surface area contributed by atoms with Crippen LogP contribution >= 0.6 is 0 Å². The first-order chi connectivity index (χ1) is 11.7. The fourth-order valence-corrected chi connectivity index (χ4v) is 1.95. The van der Waals surface area contributed by atoms with E-state index in [1.165, 1.54) is 13.2 Å². The van der Waals surface area contributed by atoms with Crippen molar-refractivity contribution < 1.29 is 24.1 Å². The zero-order valence-corrected chi connectivity index (χ0v) is 13.5. The third-order valence-electron chi connectivity index (χ3n) is 3.18. The molecule has 24 heavy (non-hydrogen) atoms. The summed E-state index contributed by atoms with van der Waals surface area (Å²) in [7, 11) is 1.53. The monoisotopic (exact) mass is 328 g/mol. The highest BCUT2D eigenvalue weighted by molar-refractivity contribution is 5.89. The molecular weight excluding hydrogens is 308 g/mol. The van der Waals surface area contributed by atoms with Gasteiger partial charge in [0.15, 0.2) is 0 Å². The van der Waals surface area contributed by atoms with E-state index in [1.54, 1.807) is 24.3 Å². The number of hydrogen-bond acceptors (Lipinski definition) is 4. The van der Waals surface area contributed by atoms with Crippen LogP contribution in [0.15, 0.2) is 60.4 Å². The quantitative estimate of drug-likeness (QED) is 0.434. The Balaban J connectivity index is 1.96. The highest BCUT2D eigenvalue weighted by Crippen LogP contribution is 2.16. The third-order valence-corrected chi connectivity index (χ3v) is 3.18. The van der Waals surface area contributed by atoms with Gasteiger partial charge >= 0.3 is 5.97 Å². The van der Waals surface area contributed by atoms with Crippen molar-refractivity contribution in [1.82, 2.24) is 0 Å². The SMILES string of the molecule is COCCO/C(=C\c1ccc(OCc2ccccc2)cc1)C(=O)O. The number of methoxy groups -OCH3 is 1. The Labute approximate surface area is 141 Å². The van der Waals surface area contributed by atoms with Gasteiger partial charge in [0.2, 0.25) is 5.76 Å². The van der Waals surface area contributed by atoms with E-state index in [1.807, 2.05) is 30.3 Å².